The summed E-state index contributed by atoms with van der Waals surface area (Å²) < 4.78 is 6.51. The summed E-state index contributed by atoms with van der Waals surface area (Å²) in [5, 5.41) is 9.00. The van der Waals surface area contributed by atoms with Gasteiger partial charge in [-0.2, -0.15) is 0 Å². The van der Waals surface area contributed by atoms with Gasteiger partial charge in [-0.05, 0) is 13.8 Å². The van der Waals surface area contributed by atoms with Gasteiger partial charge < -0.3 is 14.7 Å². The topological polar surface area (TPSA) is 101 Å². The van der Waals surface area contributed by atoms with Gasteiger partial charge in [0.1, 0.15) is 5.56 Å². The number of aryl methyl sites for hydroxylation is 2. The van der Waals surface area contributed by atoms with Crippen LogP contribution in [0.4, 0.5) is 0 Å². The van der Waals surface area contributed by atoms with Gasteiger partial charge in [0, 0.05) is 23.3 Å². The molecular formula is C14H15N3O5S. The van der Waals surface area contributed by atoms with Crippen LogP contribution in [0, 0.1) is 13.8 Å². The molecule has 1 amide bonds. The Morgan fingerprint density at radius 1 is 1.43 bits per heavy atom. The molecule has 1 fully saturated rings. The van der Waals surface area contributed by atoms with E-state index < -0.39 is 23.5 Å². The number of aromatic nitrogens is 2. The summed E-state index contributed by atoms with van der Waals surface area (Å²) in [6.45, 7) is 3.96. The maximum Gasteiger partial charge on any atom is 0.334 e. The number of aliphatic carboxylic acids is 1. The number of carboxylic acid groups (broad SMARTS) is 1. The van der Waals surface area contributed by atoms with Crippen molar-refractivity contribution in [3.8, 4) is 0 Å². The molecule has 23 heavy (non-hydrogen) atoms. The Morgan fingerprint density at radius 3 is 2.87 bits per heavy atom. The third-order valence-electron chi connectivity index (χ3n) is 3.88. The van der Waals surface area contributed by atoms with Crippen molar-refractivity contribution >= 4 is 28.2 Å². The molecule has 1 atom stereocenters. The number of carbonyl (C=O) groups is 2. The van der Waals surface area contributed by atoms with Crippen LogP contribution in [0.3, 0.4) is 0 Å². The second-order valence-electron chi connectivity index (χ2n) is 5.29. The molecule has 122 valence electrons. The molecule has 2 aromatic heterocycles. The minimum Gasteiger partial charge on any atom is -0.479 e. The van der Waals surface area contributed by atoms with Crippen molar-refractivity contribution < 1.29 is 19.4 Å². The predicted octanol–water partition coefficient (Wildman–Crippen LogP) is 0.298. The highest BCUT2D eigenvalue weighted by Gasteiger charge is 2.31. The van der Waals surface area contributed by atoms with Crippen molar-refractivity contribution in [1.82, 2.24) is 14.3 Å². The van der Waals surface area contributed by atoms with Crippen molar-refractivity contribution in [1.29, 1.82) is 0 Å². The summed E-state index contributed by atoms with van der Waals surface area (Å²) >= 11 is 1.38. The third kappa shape index (κ3) is 2.62. The van der Waals surface area contributed by atoms with E-state index in [0.29, 0.717) is 4.96 Å². The summed E-state index contributed by atoms with van der Waals surface area (Å²) in [6, 6.07) is 0. The summed E-state index contributed by atoms with van der Waals surface area (Å²) in [5.41, 5.74) is 0.261. The molecule has 8 nitrogen and oxygen atoms in total. The lowest BCUT2D eigenvalue weighted by Crippen LogP contribution is -2.49. The molecule has 0 radical (unpaired) electrons. The van der Waals surface area contributed by atoms with Crippen LogP contribution in [0.25, 0.3) is 4.96 Å². The van der Waals surface area contributed by atoms with Crippen molar-refractivity contribution in [2.45, 2.75) is 20.0 Å². The molecule has 1 aliphatic heterocycles. The van der Waals surface area contributed by atoms with Crippen molar-refractivity contribution in [2.24, 2.45) is 0 Å². The minimum atomic E-state index is -1.13. The number of rotatable bonds is 2. The first kappa shape index (κ1) is 15.6. The van der Waals surface area contributed by atoms with Crippen LogP contribution in [-0.2, 0) is 9.53 Å². The van der Waals surface area contributed by atoms with Gasteiger partial charge in [0.25, 0.3) is 11.5 Å². The van der Waals surface area contributed by atoms with E-state index in [1.165, 1.54) is 26.8 Å². The number of carboxylic acids is 1. The summed E-state index contributed by atoms with van der Waals surface area (Å²) in [6.07, 6.45) is 0.193. The van der Waals surface area contributed by atoms with Crippen LogP contribution in [0.2, 0.25) is 0 Å². The van der Waals surface area contributed by atoms with E-state index in [2.05, 4.69) is 4.98 Å². The zero-order valence-corrected chi connectivity index (χ0v) is 13.4. The van der Waals surface area contributed by atoms with E-state index in [0.717, 1.165) is 10.6 Å². The highest BCUT2D eigenvalue weighted by Crippen LogP contribution is 2.18. The van der Waals surface area contributed by atoms with E-state index in [9.17, 15) is 14.4 Å². The highest BCUT2D eigenvalue weighted by molar-refractivity contribution is 7.17. The molecule has 0 aliphatic carbocycles. The van der Waals surface area contributed by atoms with Gasteiger partial charge in [-0.3, -0.25) is 14.0 Å². The van der Waals surface area contributed by atoms with E-state index in [-0.39, 0.29) is 25.3 Å². The van der Waals surface area contributed by atoms with Gasteiger partial charge in [0.05, 0.1) is 13.2 Å². The molecule has 0 aromatic carbocycles. The molecule has 3 rings (SSSR count). The van der Waals surface area contributed by atoms with Crippen molar-refractivity contribution in [3.63, 3.8) is 0 Å². The Bertz CT molecular complexity index is 856. The number of amides is 1. The molecule has 0 spiro atoms. The van der Waals surface area contributed by atoms with Gasteiger partial charge in [0.2, 0.25) is 0 Å². The Labute approximate surface area is 134 Å². The van der Waals surface area contributed by atoms with Gasteiger partial charge >= 0.3 is 5.97 Å². The van der Waals surface area contributed by atoms with E-state index in [1.807, 2.05) is 6.92 Å². The van der Waals surface area contributed by atoms with E-state index in [1.54, 1.807) is 6.92 Å². The standard InChI is InChI=1S/C14H15N3O5S/c1-7-8(2)23-14-15-5-9(12(19)17(7)14)11(18)16-3-4-22-10(6-16)13(20)21/h5,10H,3-4,6H2,1-2H3,(H,20,21). The molecule has 2 aromatic rings. The largest absolute Gasteiger partial charge is 0.479 e. The number of thiazole rings is 1. The number of hydrogen-bond donors (Lipinski definition) is 1. The van der Waals surface area contributed by atoms with Crippen molar-refractivity contribution in [2.75, 3.05) is 19.7 Å². The second-order valence-corrected chi connectivity index (χ2v) is 6.47. The van der Waals surface area contributed by atoms with Crippen LogP contribution in [-0.4, -0.2) is 57.1 Å². The molecule has 0 bridgehead atoms. The lowest BCUT2D eigenvalue weighted by Gasteiger charge is -2.30. The second kappa shape index (κ2) is 5.74. The maximum absolute atomic E-state index is 12.6. The smallest absolute Gasteiger partial charge is 0.334 e. The quantitative estimate of drug-likeness (QED) is 0.846. The SMILES string of the molecule is Cc1sc2ncc(C(=O)N3CCOC(C(=O)O)C3)c(=O)n2c1C. The van der Waals surface area contributed by atoms with Gasteiger partial charge in [-0.1, -0.05) is 0 Å². The average molecular weight is 337 g/mol. The summed E-state index contributed by atoms with van der Waals surface area (Å²) in [5.74, 6) is -1.65. The van der Waals surface area contributed by atoms with Gasteiger partial charge in [-0.15, -0.1) is 11.3 Å². The zero-order valence-electron chi connectivity index (χ0n) is 12.6. The third-order valence-corrected chi connectivity index (χ3v) is 4.95. The highest BCUT2D eigenvalue weighted by atomic mass is 32.1. The first-order valence-corrected chi connectivity index (χ1v) is 7.83. The molecule has 1 N–H and O–H groups in total. The van der Waals surface area contributed by atoms with Crippen LogP contribution >= 0.6 is 11.3 Å². The van der Waals surface area contributed by atoms with Gasteiger partial charge in [-0.25, -0.2) is 9.78 Å². The summed E-state index contributed by atoms with van der Waals surface area (Å²) in [7, 11) is 0. The molecule has 3 heterocycles. The first-order valence-electron chi connectivity index (χ1n) is 7.01. The lowest BCUT2D eigenvalue weighted by atomic mass is 10.2. The Balaban J connectivity index is 1.98. The number of hydrogen-bond acceptors (Lipinski definition) is 6. The lowest BCUT2D eigenvalue weighted by molar-refractivity contribution is -0.154. The average Bonchev–Trinajstić information content (AvgIpc) is 2.82. The van der Waals surface area contributed by atoms with Crippen LogP contribution in [0.1, 0.15) is 20.9 Å². The number of nitrogens with zero attached hydrogens (tertiary/aromatic N) is 3. The van der Waals surface area contributed by atoms with Crippen LogP contribution in [0.5, 0.6) is 0 Å². The zero-order chi connectivity index (χ0) is 16.7. The number of fused-ring (bicyclic) bond motifs is 1. The minimum absolute atomic E-state index is 0.0607. The monoisotopic (exact) mass is 337 g/mol. The predicted molar refractivity (Wildman–Crippen MR) is 82.1 cm³/mol. The normalized spacial score (nSPS) is 18.3. The Hall–Kier alpha value is -2.26. The fraction of sp³-hybridized carbons (Fsp3) is 0.429. The molecule has 9 heteroatoms. The first-order chi connectivity index (χ1) is 10.9. The molecule has 1 unspecified atom stereocenters. The molecule has 0 saturated carbocycles. The number of morpholine rings is 1. The molecule has 1 aliphatic rings. The van der Waals surface area contributed by atoms with Gasteiger partial charge in [0.15, 0.2) is 11.1 Å². The fourth-order valence-corrected chi connectivity index (χ4v) is 3.41. The molecule has 1 saturated heterocycles. The number of carbonyl (C=O) groups excluding carboxylic acids is 1. The summed E-state index contributed by atoms with van der Waals surface area (Å²) in [4.78, 5) is 43.2. The van der Waals surface area contributed by atoms with Crippen LogP contribution in [0.15, 0.2) is 11.0 Å². The van der Waals surface area contributed by atoms with E-state index >= 15 is 0 Å². The van der Waals surface area contributed by atoms with Crippen molar-refractivity contribution in [3.05, 3.63) is 32.7 Å². The van der Waals surface area contributed by atoms with E-state index in [4.69, 9.17) is 9.84 Å². The maximum atomic E-state index is 12.6. The Kier molecular flexibility index (Phi) is 3.90. The number of ether oxygens (including phenoxy) is 1. The Morgan fingerprint density at radius 2 is 2.17 bits per heavy atom. The van der Waals surface area contributed by atoms with Crippen LogP contribution < -0.4 is 5.56 Å². The molecular weight excluding hydrogens is 322 g/mol. The fourth-order valence-electron chi connectivity index (χ4n) is 2.48.